The number of aromatic amines is 1. The summed E-state index contributed by atoms with van der Waals surface area (Å²) in [5.41, 5.74) is -0.822. The van der Waals surface area contributed by atoms with Crippen molar-refractivity contribution in [3.63, 3.8) is 0 Å². The predicted molar refractivity (Wildman–Crippen MR) is 61.2 cm³/mol. The van der Waals surface area contributed by atoms with Gasteiger partial charge in [0.1, 0.15) is 0 Å². The van der Waals surface area contributed by atoms with Gasteiger partial charge in [0, 0.05) is 31.7 Å². The van der Waals surface area contributed by atoms with Gasteiger partial charge in [-0.15, -0.1) is 0 Å². The Bertz CT molecular complexity index is 584. The lowest BCUT2D eigenvalue weighted by molar-refractivity contribution is 0.552. The second kappa shape index (κ2) is 4.48. The van der Waals surface area contributed by atoms with Crippen molar-refractivity contribution in [1.29, 1.82) is 0 Å². The molecule has 2 aromatic rings. The zero-order valence-electron chi connectivity index (χ0n) is 8.26. The Balaban J connectivity index is 2.19. The van der Waals surface area contributed by atoms with E-state index in [9.17, 15) is 9.59 Å². The van der Waals surface area contributed by atoms with E-state index in [4.69, 9.17) is 0 Å². The van der Waals surface area contributed by atoms with E-state index in [1.54, 1.807) is 12.5 Å². The smallest absolute Gasteiger partial charge is 0.328 e. The zero-order chi connectivity index (χ0) is 11.5. The maximum absolute atomic E-state index is 11.4. The number of aryl methyl sites for hydroxylation is 2. The molecule has 2 rings (SSSR count). The molecular weight excluding hydrogens is 276 g/mol. The largest absolute Gasteiger partial charge is 0.336 e. The van der Waals surface area contributed by atoms with Crippen LogP contribution in [0.1, 0.15) is 0 Å². The van der Waals surface area contributed by atoms with Gasteiger partial charge in [0.05, 0.1) is 10.8 Å². The first-order chi connectivity index (χ1) is 7.66. The number of hydrogen-bond acceptors (Lipinski definition) is 3. The number of nitrogens with one attached hydrogen (secondary N) is 1. The molecule has 0 radical (unpaired) electrons. The molecule has 0 aromatic carbocycles. The minimum absolute atomic E-state index is 0.345. The Morgan fingerprint density at radius 1 is 1.38 bits per heavy atom. The van der Waals surface area contributed by atoms with Crippen molar-refractivity contribution in [2.24, 2.45) is 0 Å². The second-order valence-electron chi connectivity index (χ2n) is 3.23. The van der Waals surface area contributed by atoms with E-state index in [0.29, 0.717) is 17.6 Å². The Kier molecular flexibility index (Phi) is 3.04. The van der Waals surface area contributed by atoms with E-state index >= 15 is 0 Å². The van der Waals surface area contributed by atoms with Crippen molar-refractivity contribution in [3.05, 3.63) is 50.2 Å². The van der Waals surface area contributed by atoms with Crippen LogP contribution in [0, 0.1) is 0 Å². The lowest BCUT2D eigenvalue weighted by Crippen LogP contribution is -2.30. The molecule has 0 saturated heterocycles. The van der Waals surface area contributed by atoms with Crippen molar-refractivity contribution in [2.45, 2.75) is 13.1 Å². The maximum Gasteiger partial charge on any atom is 0.328 e. The highest BCUT2D eigenvalue weighted by Gasteiger charge is 2.01. The van der Waals surface area contributed by atoms with Crippen LogP contribution in [0.5, 0.6) is 0 Å². The molecule has 0 aliphatic heterocycles. The lowest BCUT2D eigenvalue weighted by atomic mass is 10.5. The van der Waals surface area contributed by atoms with Gasteiger partial charge in [0.2, 0.25) is 0 Å². The Morgan fingerprint density at radius 2 is 2.19 bits per heavy atom. The third kappa shape index (κ3) is 2.30. The van der Waals surface area contributed by atoms with E-state index < -0.39 is 11.2 Å². The topological polar surface area (TPSA) is 72.7 Å². The lowest BCUT2D eigenvalue weighted by Gasteiger charge is -2.05. The van der Waals surface area contributed by atoms with Gasteiger partial charge in [-0.2, -0.15) is 0 Å². The van der Waals surface area contributed by atoms with E-state index in [0.717, 1.165) is 0 Å². The molecule has 2 aromatic heterocycles. The molecule has 7 heteroatoms. The molecule has 0 atom stereocenters. The number of hydrogen-bond donors (Lipinski definition) is 1. The van der Waals surface area contributed by atoms with Gasteiger partial charge >= 0.3 is 5.69 Å². The molecule has 1 N–H and O–H groups in total. The van der Waals surface area contributed by atoms with Gasteiger partial charge in [0.25, 0.3) is 5.56 Å². The number of rotatable bonds is 3. The Labute approximate surface area is 98.7 Å². The number of H-pyrrole nitrogens is 1. The summed E-state index contributed by atoms with van der Waals surface area (Å²) in [7, 11) is 0. The fraction of sp³-hybridized carbons (Fsp3) is 0.222. The predicted octanol–water partition coefficient (Wildman–Crippen LogP) is 0.196. The molecule has 2 heterocycles. The molecule has 0 saturated carbocycles. The molecule has 6 nitrogen and oxygen atoms in total. The molecule has 0 aliphatic carbocycles. The van der Waals surface area contributed by atoms with Gasteiger partial charge in [-0.25, -0.2) is 9.78 Å². The van der Waals surface area contributed by atoms with Crippen LogP contribution in [-0.4, -0.2) is 19.1 Å². The van der Waals surface area contributed by atoms with Crippen LogP contribution in [0.4, 0.5) is 0 Å². The van der Waals surface area contributed by atoms with Crippen LogP contribution in [0.25, 0.3) is 0 Å². The van der Waals surface area contributed by atoms with Crippen LogP contribution >= 0.6 is 15.9 Å². The summed E-state index contributed by atoms with van der Waals surface area (Å²) in [6.45, 7) is 1.10. The minimum atomic E-state index is -0.413. The highest BCUT2D eigenvalue weighted by molar-refractivity contribution is 9.10. The summed E-state index contributed by atoms with van der Waals surface area (Å²) >= 11 is 3.08. The maximum atomic E-state index is 11.4. The van der Waals surface area contributed by atoms with Crippen molar-refractivity contribution >= 4 is 15.9 Å². The summed E-state index contributed by atoms with van der Waals surface area (Å²) in [4.78, 5) is 28.6. The third-order valence-electron chi connectivity index (χ3n) is 2.13. The van der Waals surface area contributed by atoms with Crippen LogP contribution in [-0.2, 0) is 13.1 Å². The monoisotopic (exact) mass is 284 g/mol. The fourth-order valence-corrected chi connectivity index (χ4v) is 1.64. The quantitative estimate of drug-likeness (QED) is 0.875. The molecule has 0 amide bonds. The SMILES string of the molecule is O=c1[nH]c(=O)n(CCn2ccnc2)cc1Br. The first kappa shape index (κ1) is 10.9. The number of aromatic nitrogens is 4. The first-order valence-electron chi connectivity index (χ1n) is 4.62. The van der Waals surface area contributed by atoms with E-state index in [1.165, 1.54) is 10.8 Å². The van der Waals surface area contributed by atoms with Gasteiger partial charge in [-0.1, -0.05) is 0 Å². The fourth-order valence-electron chi connectivity index (χ4n) is 1.29. The van der Waals surface area contributed by atoms with Gasteiger partial charge in [-0.05, 0) is 15.9 Å². The number of imidazole rings is 1. The van der Waals surface area contributed by atoms with Gasteiger partial charge < -0.3 is 4.57 Å². The average molecular weight is 285 g/mol. The normalized spacial score (nSPS) is 10.6. The van der Waals surface area contributed by atoms with Crippen LogP contribution in [0.3, 0.4) is 0 Å². The molecule has 16 heavy (non-hydrogen) atoms. The molecule has 0 unspecified atom stereocenters. The van der Waals surface area contributed by atoms with Crippen molar-refractivity contribution in [1.82, 2.24) is 19.1 Å². The summed E-state index contributed by atoms with van der Waals surface area (Å²) in [6, 6.07) is 0. The summed E-state index contributed by atoms with van der Waals surface area (Å²) < 4.78 is 3.63. The molecule has 84 valence electrons. The third-order valence-corrected chi connectivity index (χ3v) is 2.69. The summed E-state index contributed by atoms with van der Waals surface area (Å²) in [6.07, 6.45) is 6.64. The molecule has 0 spiro atoms. The van der Waals surface area contributed by atoms with Crippen molar-refractivity contribution in [2.75, 3.05) is 0 Å². The van der Waals surface area contributed by atoms with E-state index in [1.807, 2.05) is 10.8 Å². The van der Waals surface area contributed by atoms with Crippen LogP contribution in [0.15, 0.2) is 39.0 Å². The second-order valence-corrected chi connectivity index (χ2v) is 4.08. The van der Waals surface area contributed by atoms with Crippen LogP contribution < -0.4 is 11.2 Å². The molecule has 0 bridgehead atoms. The number of halogens is 1. The van der Waals surface area contributed by atoms with Crippen LogP contribution in [0.2, 0.25) is 0 Å². The minimum Gasteiger partial charge on any atom is -0.336 e. The van der Waals surface area contributed by atoms with E-state index in [2.05, 4.69) is 25.9 Å². The van der Waals surface area contributed by atoms with Gasteiger partial charge in [-0.3, -0.25) is 14.3 Å². The zero-order valence-corrected chi connectivity index (χ0v) is 9.85. The molecule has 0 aliphatic rings. The van der Waals surface area contributed by atoms with Gasteiger partial charge in [0.15, 0.2) is 0 Å². The first-order valence-corrected chi connectivity index (χ1v) is 5.41. The number of nitrogens with zero attached hydrogens (tertiary/aromatic N) is 3. The molecular formula is C9H9BrN4O2. The Hall–Kier alpha value is -1.63. The summed E-state index contributed by atoms with van der Waals surface area (Å²) in [5, 5.41) is 0. The molecule has 0 fully saturated rings. The highest BCUT2D eigenvalue weighted by Crippen LogP contribution is 1.98. The average Bonchev–Trinajstić information content (AvgIpc) is 2.74. The standard InChI is InChI=1S/C9H9BrN4O2/c10-7-5-14(9(16)12-8(7)15)4-3-13-2-1-11-6-13/h1-2,5-6H,3-4H2,(H,12,15,16). The summed E-state index contributed by atoms with van der Waals surface area (Å²) in [5.74, 6) is 0. The van der Waals surface area contributed by atoms with E-state index in [-0.39, 0.29) is 0 Å². The van der Waals surface area contributed by atoms with Crippen molar-refractivity contribution < 1.29 is 0 Å². The van der Waals surface area contributed by atoms with Crippen molar-refractivity contribution in [3.8, 4) is 0 Å². The highest BCUT2D eigenvalue weighted by atomic mass is 79.9. The Morgan fingerprint density at radius 3 is 2.88 bits per heavy atom.